The maximum Gasteiger partial charge on any atom is 0.120 e. The zero-order valence-electron chi connectivity index (χ0n) is 15.0. The summed E-state index contributed by atoms with van der Waals surface area (Å²) in [6.07, 6.45) is 3.43. The van der Waals surface area contributed by atoms with E-state index in [2.05, 4.69) is 17.2 Å². The number of ether oxygens (including phenoxy) is 1. The molecule has 5 heteroatoms. The van der Waals surface area contributed by atoms with Crippen LogP contribution in [0, 0.1) is 6.92 Å². The third-order valence-electron chi connectivity index (χ3n) is 4.12. The summed E-state index contributed by atoms with van der Waals surface area (Å²) in [7, 11) is 0. The van der Waals surface area contributed by atoms with Gasteiger partial charge in [0.2, 0.25) is 0 Å². The minimum Gasteiger partial charge on any atom is -0.494 e. The smallest absolute Gasteiger partial charge is 0.120 e. The molecule has 0 unspecified atom stereocenters. The molecule has 0 saturated carbocycles. The van der Waals surface area contributed by atoms with Gasteiger partial charge in [0.1, 0.15) is 5.75 Å². The first-order valence-electron chi connectivity index (χ1n) is 8.83. The second-order valence-corrected chi connectivity index (χ2v) is 7.11. The van der Waals surface area contributed by atoms with Crippen LogP contribution >= 0.6 is 23.2 Å². The minimum absolute atomic E-state index is 0.520. The number of benzene rings is 2. The Kier molecular flexibility index (Phi) is 6.23. The van der Waals surface area contributed by atoms with Crippen LogP contribution < -0.4 is 10.1 Å². The van der Waals surface area contributed by atoms with Crippen LogP contribution in [0.25, 0.3) is 10.9 Å². The number of nitrogens with one attached hydrogen (secondary N) is 1. The van der Waals surface area contributed by atoms with E-state index in [9.17, 15) is 0 Å². The summed E-state index contributed by atoms with van der Waals surface area (Å²) in [6.45, 7) is 4.90. The topological polar surface area (TPSA) is 34.1 Å². The highest BCUT2D eigenvalue weighted by molar-refractivity contribution is 6.42. The van der Waals surface area contributed by atoms with Gasteiger partial charge < -0.3 is 10.1 Å². The van der Waals surface area contributed by atoms with E-state index in [-0.39, 0.29) is 0 Å². The summed E-state index contributed by atoms with van der Waals surface area (Å²) < 4.78 is 5.89. The lowest BCUT2D eigenvalue weighted by molar-refractivity contribution is 0.306. The number of rotatable bonds is 7. The molecule has 0 spiro atoms. The molecule has 1 N–H and O–H groups in total. The molecule has 3 nitrogen and oxygen atoms in total. The van der Waals surface area contributed by atoms with Gasteiger partial charge in [0, 0.05) is 22.5 Å². The minimum atomic E-state index is 0.520. The maximum atomic E-state index is 6.13. The van der Waals surface area contributed by atoms with Gasteiger partial charge in [-0.2, -0.15) is 0 Å². The maximum absolute atomic E-state index is 6.13. The van der Waals surface area contributed by atoms with E-state index in [0.717, 1.165) is 46.7 Å². The first-order valence-corrected chi connectivity index (χ1v) is 9.58. The van der Waals surface area contributed by atoms with Crippen molar-refractivity contribution in [3.05, 3.63) is 58.2 Å². The van der Waals surface area contributed by atoms with Crippen molar-refractivity contribution in [2.75, 3.05) is 11.9 Å². The molecule has 0 radical (unpaired) electrons. The Hall–Kier alpha value is -1.97. The van der Waals surface area contributed by atoms with Crippen LogP contribution in [0.4, 0.5) is 11.4 Å². The third-order valence-corrected chi connectivity index (χ3v) is 4.86. The number of unbranched alkanes of at least 4 members (excludes halogenated alkanes) is 2. The van der Waals surface area contributed by atoms with Gasteiger partial charge in [0.25, 0.3) is 0 Å². The van der Waals surface area contributed by atoms with Crippen molar-refractivity contribution in [2.45, 2.75) is 33.1 Å². The Morgan fingerprint density at radius 3 is 2.62 bits per heavy atom. The Morgan fingerprint density at radius 2 is 1.85 bits per heavy atom. The van der Waals surface area contributed by atoms with E-state index >= 15 is 0 Å². The number of hydrogen-bond donors (Lipinski definition) is 1. The van der Waals surface area contributed by atoms with Gasteiger partial charge in [0.05, 0.1) is 22.2 Å². The number of nitrogens with zero attached hydrogens (tertiary/aromatic N) is 1. The number of aryl methyl sites for hydroxylation is 1. The molecule has 0 aliphatic carbocycles. The number of pyridine rings is 1. The molecule has 26 heavy (non-hydrogen) atoms. The van der Waals surface area contributed by atoms with Gasteiger partial charge in [-0.15, -0.1) is 0 Å². The molecule has 0 aliphatic rings. The van der Waals surface area contributed by atoms with E-state index in [1.165, 1.54) is 12.8 Å². The van der Waals surface area contributed by atoms with E-state index in [0.29, 0.717) is 10.0 Å². The molecule has 3 aromatic rings. The lowest BCUT2D eigenvalue weighted by Crippen LogP contribution is -1.98. The van der Waals surface area contributed by atoms with Crippen LogP contribution in [0.1, 0.15) is 31.9 Å². The van der Waals surface area contributed by atoms with Crippen LogP contribution in [0.5, 0.6) is 5.75 Å². The van der Waals surface area contributed by atoms with Crippen molar-refractivity contribution in [1.82, 2.24) is 4.98 Å². The highest BCUT2D eigenvalue weighted by atomic mass is 35.5. The van der Waals surface area contributed by atoms with Crippen LogP contribution in [-0.2, 0) is 0 Å². The third kappa shape index (κ3) is 4.60. The largest absolute Gasteiger partial charge is 0.494 e. The summed E-state index contributed by atoms with van der Waals surface area (Å²) >= 11 is 12.1. The Labute approximate surface area is 164 Å². The molecule has 0 bridgehead atoms. The lowest BCUT2D eigenvalue weighted by Gasteiger charge is -2.13. The number of aromatic nitrogens is 1. The van der Waals surface area contributed by atoms with Crippen molar-refractivity contribution >= 4 is 45.5 Å². The molecule has 0 amide bonds. The fourth-order valence-electron chi connectivity index (χ4n) is 2.80. The van der Waals surface area contributed by atoms with Crippen molar-refractivity contribution in [3.8, 4) is 5.75 Å². The predicted octanol–water partition coefficient (Wildman–Crippen LogP) is 7.16. The van der Waals surface area contributed by atoms with Crippen molar-refractivity contribution < 1.29 is 4.74 Å². The molecule has 0 fully saturated rings. The quantitative estimate of drug-likeness (QED) is 0.435. The average Bonchev–Trinajstić information content (AvgIpc) is 2.62. The summed E-state index contributed by atoms with van der Waals surface area (Å²) in [6, 6.07) is 13.5. The average molecular weight is 389 g/mol. The Morgan fingerprint density at radius 1 is 1.00 bits per heavy atom. The van der Waals surface area contributed by atoms with E-state index < -0.39 is 0 Å². The van der Waals surface area contributed by atoms with Gasteiger partial charge >= 0.3 is 0 Å². The zero-order chi connectivity index (χ0) is 18.5. The van der Waals surface area contributed by atoms with Crippen LogP contribution in [0.2, 0.25) is 10.0 Å². The number of halogens is 2. The van der Waals surface area contributed by atoms with E-state index in [1.54, 1.807) is 6.07 Å². The first-order chi connectivity index (χ1) is 12.6. The molecule has 1 aromatic heterocycles. The molecular formula is C21H22Cl2N2O. The summed E-state index contributed by atoms with van der Waals surface area (Å²) in [5.74, 6) is 0.858. The number of hydrogen-bond acceptors (Lipinski definition) is 3. The van der Waals surface area contributed by atoms with Crippen LogP contribution in [-0.4, -0.2) is 11.6 Å². The standard InChI is InChI=1S/C21H22Cl2N2O/c1-3-4-5-10-26-16-7-9-20-17(13-16)21(11-14(2)24-20)25-15-6-8-18(22)19(23)12-15/h6-9,11-13H,3-5,10H2,1-2H3,(H,24,25). The monoisotopic (exact) mass is 388 g/mol. The highest BCUT2D eigenvalue weighted by Gasteiger charge is 2.08. The van der Waals surface area contributed by atoms with Crippen molar-refractivity contribution in [2.24, 2.45) is 0 Å². The second kappa shape index (κ2) is 8.61. The molecular weight excluding hydrogens is 367 g/mol. The molecule has 0 aliphatic heterocycles. The van der Waals surface area contributed by atoms with Crippen LogP contribution in [0.3, 0.4) is 0 Å². The first kappa shape index (κ1) is 18.8. The fraction of sp³-hybridized carbons (Fsp3) is 0.286. The SMILES string of the molecule is CCCCCOc1ccc2nc(C)cc(Nc3ccc(Cl)c(Cl)c3)c2c1. The molecule has 0 atom stereocenters. The molecule has 0 saturated heterocycles. The Balaban J connectivity index is 1.90. The van der Waals surface area contributed by atoms with Crippen LogP contribution in [0.15, 0.2) is 42.5 Å². The normalized spacial score (nSPS) is 10.9. The zero-order valence-corrected chi connectivity index (χ0v) is 16.5. The summed E-state index contributed by atoms with van der Waals surface area (Å²) in [5, 5.41) is 5.49. The summed E-state index contributed by atoms with van der Waals surface area (Å²) in [5.41, 5.74) is 3.70. The lowest BCUT2D eigenvalue weighted by atomic mass is 10.1. The number of anilines is 2. The van der Waals surface area contributed by atoms with E-state index in [4.69, 9.17) is 27.9 Å². The molecule has 2 aromatic carbocycles. The summed E-state index contributed by atoms with van der Waals surface area (Å²) in [4.78, 5) is 4.62. The van der Waals surface area contributed by atoms with Gasteiger partial charge in [0.15, 0.2) is 0 Å². The molecule has 136 valence electrons. The van der Waals surface area contributed by atoms with Crippen molar-refractivity contribution in [3.63, 3.8) is 0 Å². The van der Waals surface area contributed by atoms with Gasteiger partial charge in [-0.1, -0.05) is 43.0 Å². The highest BCUT2D eigenvalue weighted by Crippen LogP contribution is 2.32. The number of fused-ring (bicyclic) bond motifs is 1. The fourth-order valence-corrected chi connectivity index (χ4v) is 3.10. The van der Waals surface area contributed by atoms with E-state index in [1.807, 2.05) is 43.3 Å². The molecule has 3 rings (SSSR count). The predicted molar refractivity (Wildman–Crippen MR) is 111 cm³/mol. The Bertz CT molecular complexity index is 912. The van der Waals surface area contributed by atoms with Gasteiger partial charge in [-0.25, -0.2) is 0 Å². The van der Waals surface area contributed by atoms with Gasteiger partial charge in [-0.3, -0.25) is 4.98 Å². The molecule has 1 heterocycles. The van der Waals surface area contributed by atoms with Gasteiger partial charge in [-0.05, 0) is 55.8 Å². The second-order valence-electron chi connectivity index (χ2n) is 6.30. The van der Waals surface area contributed by atoms with Crippen molar-refractivity contribution in [1.29, 1.82) is 0 Å².